The molecule has 1 aromatic rings. The normalized spacial score (nSPS) is 10.2. The van der Waals surface area contributed by atoms with E-state index < -0.39 is 0 Å². The second kappa shape index (κ2) is 4.72. The quantitative estimate of drug-likeness (QED) is 0.483. The summed E-state index contributed by atoms with van der Waals surface area (Å²) in [7, 11) is 0. The zero-order valence-corrected chi connectivity index (χ0v) is 8.01. The van der Waals surface area contributed by atoms with Crippen molar-refractivity contribution in [1.29, 1.82) is 0 Å². The molecule has 0 spiro atoms. The lowest BCUT2D eigenvalue weighted by Gasteiger charge is -2.05. The zero-order chi connectivity index (χ0) is 9.68. The van der Waals surface area contributed by atoms with Crippen molar-refractivity contribution in [3.63, 3.8) is 0 Å². The van der Waals surface area contributed by atoms with Crippen molar-refractivity contribution in [2.75, 3.05) is 18.0 Å². The number of benzene rings is 1. The Morgan fingerprint density at radius 1 is 1.15 bits per heavy atom. The van der Waals surface area contributed by atoms with E-state index in [0.29, 0.717) is 0 Å². The van der Waals surface area contributed by atoms with E-state index in [-0.39, 0.29) is 0 Å². The van der Waals surface area contributed by atoms with E-state index in [9.17, 15) is 0 Å². The number of nitrogens with two attached hydrogens (primary N) is 2. The lowest BCUT2D eigenvalue weighted by atomic mass is 10.2. The molecule has 0 aliphatic heterocycles. The van der Waals surface area contributed by atoms with Gasteiger partial charge in [-0.05, 0) is 36.7 Å². The van der Waals surface area contributed by atoms with Gasteiger partial charge in [-0.3, -0.25) is 0 Å². The summed E-state index contributed by atoms with van der Waals surface area (Å²) in [5.41, 5.74) is 13.9. The van der Waals surface area contributed by atoms with Crippen LogP contribution in [-0.4, -0.2) is 6.54 Å². The van der Waals surface area contributed by atoms with Crippen molar-refractivity contribution in [2.24, 2.45) is 0 Å². The van der Waals surface area contributed by atoms with Crippen LogP contribution in [0, 0.1) is 0 Å². The van der Waals surface area contributed by atoms with E-state index in [2.05, 4.69) is 12.2 Å². The van der Waals surface area contributed by atoms with Crippen molar-refractivity contribution in [2.45, 2.75) is 19.9 Å². The van der Waals surface area contributed by atoms with Gasteiger partial charge in [-0.2, -0.15) is 0 Å². The van der Waals surface area contributed by atoms with Crippen molar-refractivity contribution in [3.05, 3.63) is 23.8 Å². The molecule has 3 nitrogen and oxygen atoms in total. The molecule has 0 amide bonds. The van der Waals surface area contributed by atoms with Gasteiger partial charge in [-0.1, -0.05) is 6.92 Å². The molecule has 0 saturated carbocycles. The monoisotopic (exact) mass is 179 g/mol. The van der Waals surface area contributed by atoms with Crippen LogP contribution >= 0.6 is 0 Å². The molecule has 5 N–H and O–H groups in total. The molecule has 72 valence electrons. The van der Waals surface area contributed by atoms with E-state index >= 15 is 0 Å². The molecule has 0 radical (unpaired) electrons. The lowest BCUT2D eigenvalue weighted by Crippen LogP contribution is -2.14. The fraction of sp³-hybridized carbons (Fsp3) is 0.400. The predicted molar refractivity (Wildman–Crippen MR) is 57.3 cm³/mol. The summed E-state index contributed by atoms with van der Waals surface area (Å²) in [6, 6.07) is 5.65. The maximum atomic E-state index is 5.66. The van der Waals surface area contributed by atoms with Crippen LogP contribution in [0.2, 0.25) is 0 Å². The molecule has 0 saturated heterocycles. The minimum atomic E-state index is 0.730. The van der Waals surface area contributed by atoms with Crippen LogP contribution < -0.4 is 16.8 Å². The second-order valence-corrected chi connectivity index (χ2v) is 3.18. The summed E-state index contributed by atoms with van der Waals surface area (Å²) in [6.07, 6.45) is 1.14. The standard InChI is InChI=1S/C10H17N3/c1-2-3-13-7-8-4-9(11)6-10(12)5-8/h4-6,13H,2-3,7,11-12H2,1H3. The Balaban J connectivity index is 2.56. The first-order valence-corrected chi connectivity index (χ1v) is 4.58. The van der Waals surface area contributed by atoms with Crippen LogP contribution in [0.25, 0.3) is 0 Å². The van der Waals surface area contributed by atoms with Crippen LogP contribution in [0.3, 0.4) is 0 Å². The van der Waals surface area contributed by atoms with E-state index in [1.54, 1.807) is 6.07 Å². The summed E-state index contributed by atoms with van der Waals surface area (Å²) in [5.74, 6) is 0. The van der Waals surface area contributed by atoms with Gasteiger partial charge < -0.3 is 16.8 Å². The summed E-state index contributed by atoms with van der Waals surface area (Å²) >= 11 is 0. The largest absolute Gasteiger partial charge is 0.399 e. The molecular formula is C10H17N3. The SMILES string of the molecule is CCCNCc1cc(N)cc(N)c1. The smallest absolute Gasteiger partial charge is 0.0337 e. The molecule has 0 atom stereocenters. The minimum absolute atomic E-state index is 0.730. The molecule has 0 aliphatic rings. The maximum Gasteiger partial charge on any atom is 0.0337 e. The summed E-state index contributed by atoms with van der Waals surface area (Å²) in [6.45, 7) is 4.00. The third-order valence-electron chi connectivity index (χ3n) is 1.79. The highest BCUT2D eigenvalue weighted by molar-refractivity contribution is 5.54. The highest BCUT2D eigenvalue weighted by Crippen LogP contribution is 2.13. The molecule has 0 fully saturated rings. The van der Waals surface area contributed by atoms with Crippen LogP contribution in [0.4, 0.5) is 11.4 Å². The number of anilines is 2. The number of hydrogen-bond acceptors (Lipinski definition) is 3. The van der Waals surface area contributed by atoms with Crippen molar-refractivity contribution in [1.82, 2.24) is 5.32 Å². The van der Waals surface area contributed by atoms with Crippen molar-refractivity contribution < 1.29 is 0 Å². The van der Waals surface area contributed by atoms with Gasteiger partial charge in [-0.25, -0.2) is 0 Å². The Kier molecular flexibility index (Phi) is 3.58. The van der Waals surface area contributed by atoms with E-state index in [4.69, 9.17) is 11.5 Å². The molecule has 1 aromatic carbocycles. The number of hydrogen-bond donors (Lipinski definition) is 3. The first-order chi connectivity index (χ1) is 6.22. The molecular weight excluding hydrogens is 162 g/mol. The zero-order valence-electron chi connectivity index (χ0n) is 8.01. The van der Waals surface area contributed by atoms with Crippen LogP contribution in [0.15, 0.2) is 18.2 Å². The summed E-state index contributed by atoms with van der Waals surface area (Å²) in [4.78, 5) is 0. The summed E-state index contributed by atoms with van der Waals surface area (Å²) in [5, 5.41) is 3.29. The Labute approximate surface area is 79.1 Å². The Hall–Kier alpha value is -1.22. The third-order valence-corrected chi connectivity index (χ3v) is 1.79. The van der Waals surface area contributed by atoms with E-state index in [1.807, 2.05) is 12.1 Å². The van der Waals surface area contributed by atoms with Crippen molar-refractivity contribution in [3.8, 4) is 0 Å². The predicted octanol–water partition coefficient (Wildman–Crippen LogP) is 1.35. The molecule has 3 heteroatoms. The van der Waals surface area contributed by atoms with Gasteiger partial charge in [0.1, 0.15) is 0 Å². The fourth-order valence-corrected chi connectivity index (χ4v) is 1.26. The molecule has 1 rings (SSSR count). The highest BCUT2D eigenvalue weighted by atomic mass is 14.8. The van der Waals surface area contributed by atoms with Crippen LogP contribution in [0.1, 0.15) is 18.9 Å². The first-order valence-electron chi connectivity index (χ1n) is 4.58. The molecule has 0 bridgehead atoms. The average Bonchev–Trinajstić information content (AvgIpc) is 2.03. The van der Waals surface area contributed by atoms with Gasteiger partial charge in [0, 0.05) is 17.9 Å². The Morgan fingerprint density at radius 3 is 2.31 bits per heavy atom. The third kappa shape index (κ3) is 3.34. The van der Waals surface area contributed by atoms with Gasteiger partial charge >= 0.3 is 0 Å². The van der Waals surface area contributed by atoms with Gasteiger partial charge in [0.25, 0.3) is 0 Å². The first kappa shape index (κ1) is 9.86. The minimum Gasteiger partial charge on any atom is -0.399 e. The van der Waals surface area contributed by atoms with E-state index in [1.165, 1.54) is 0 Å². The lowest BCUT2D eigenvalue weighted by molar-refractivity contribution is 0.676. The summed E-state index contributed by atoms with van der Waals surface area (Å²) < 4.78 is 0. The number of rotatable bonds is 4. The van der Waals surface area contributed by atoms with Crippen molar-refractivity contribution >= 4 is 11.4 Å². The van der Waals surface area contributed by atoms with Crippen LogP contribution in [-0.2, 0) is 6.54 Å². The Bertz CT molecular complexity index is 251. The number of nitrogens with one attached hydrogen (secondary N) is 1. The van der Waals surface area contributed by atoms with Gasteiger partial charge in [-0.15, -0.1) is 0 Å². The van der Waals surface area contributed by atoms with Crippen LogP contribution in [0.5, 0.6) is 0 Å². The molecule has 0 aromatic heterocycles. The molecule has 0 aliphatic carbocycles. The second-order valence-electron chi connectivity index (χ2n) is 3.18. The highest BCUT2D eigenvalue weighted by Gasteiger charge is 1.95. The molecule has 13 heavy (non-hydrogen) atoms. The molecule has 0 heterocycles. The fourth-order valence-electron chi connectivity index (χ4n) is 1.26. The number of nitrogen functional groups attached to an aromatic ring is 2. The average molecular weight is 179 g/mol. The van der Waals surface area contributed by atoms with E-state index in [0.717, 1.165) is 36.4 Å². The van der Waals surface area contributed by atoms with Gasteiger partial charge in [0.15, 0.2) is 0 Å². The van der Waals surface area contributed by atoms with Gasteiger partial charge in [0.05, 0.1) is 0 Å². The molecule has 0 unspecified atom stereocenters. The van der Waals surface area contributed by atoms with Gasteiger partial charge in [0.2, 0.25) is 0 Å². The topological polar surface area (TPSA) is 64.1 Å². The Morgan fingerprint density at radius 2 is 1.77 bits per heavy atom. The maximum absolute atomic E-state index is 5.66.